The lowest BCUT2D eigenvalue weighted by atomic mass is 9.99. The van der Waals surface area contributed by atoms with E-state index < -0.39 is 0 Å². The third kappa shape index (κ3) is 4.03. The zero-order valence-electron chi connectivity index (χ0n) is 13.7. The first kappa shape index (κ1) is 16.9. The summed E-state index contributed by atoms with van der Waals surface area (Å²) in [7, 11) is 3.97. The monoisotopic (exact) mass is 314 g/mol. The molecular weight excluding hydrogens is 296 g/mol. The molecule has 0 aliphatic heterocycles. The Bertz CT molecular complexity index is 826. The Morgan fingerprint density at radius 2 is 1.54 bits per heavy atom. The van der Waals surface area contributed by atoms with Crippen molar-refractivity contribution >= 4 is 23.0 Å². The summed E-state index contributed by atoms with van der Waals surface area (Å²) in [5.41, 5.74) is 9.87. The summed E-state index contributed by atoms with van der Waals surface area (Å²) in [6, 6.07) is 19.0. The summed E-state index contributed by atoms with van der Waals surface area (Å²) in [6.07, 6.45) is 3.68. The number of hydrogen-bond acceptors (Lipinski definition) is 4. The molecule has 2 aromatic carbocycles. The summed E-state index contributed by atoms with van der Waals surface area (Å²) in [6.45, 7) is 0. The van der Waals surface area contributed by atoms with Gasteiger partial charge in [-0.2, -0.15) is 10.5 Å². The average molecular weight is 314 g/mol. The van der Waals surface area contributed by atoms with Gasteiger partial charge in [0.1, 0.15) is 17.7 Å². The molecule has 0 unspecified atom stereocenters. The van der Waals surface area contributed by atoms with Crippen molar-refractivity contribution in [2.24, 2.45) is 0 Å². The molecule has 2 aromatic rings. The largest absolute Gasteiger partial charge is 0.399 e. The molecule has 24 heavy (non-hydrogen) atoms. The zero-order valence-corrected chi connectivity index (χ0v) is 13.7. The molecule has 4 nitrogen and oxygen atoms in total. The first-order valence-electron chi connectivity index (χ1n) is 7.41. The van der Waals surface area contributed by atoms with E-state index in [0.29, 0.717) is 11.3 Å². The van der Waals surface area contributed by atoms with Gasteiger partial charge in [0.2, 0.25) is 0 Å². The lowest BCUT2D eigenvalue weighted by molar-refractivity contribution is 1.13. The van der Waals surface area contributed by atoms with Crippen LogP contribution in [-0.4, -0.2) is 14.1 Å². The van der Waals surface area contributed by atoms with Gasteiger partial charge in [0.15, 0.2) is 0 Å². The van der Waals surface area contributed by atoms with Gasteiger partial charge in [-0.05, 0) is 35.4 Å². The Kier molecular flexibility index (Phi) is 5.39. The average Bonchev–Trinajstić information content (AvgIpc) is 2.60. The predicted octanol–water partition coefficient (Wildman–Crippen LogP) is 3.85. The molecular formula is C20H18N4. The number of nitrogen functional groups attached to an aromatic ring is 1. The molecule has 2 N–H and O–H groups in total. The number of nitrogens with zero attached hydrogens (tertiary/aromatic N) is 3. The second-order valence-electron chi connectivity index (χ2n) is 5.45. The summed E-state index contributed by atoms with van der Waals surface area (Å²) >= 11 is 0. The van der Waals surface area contributed by atoms with E-state index in [-0.39, 0.29) is 5.57 Å². The minimum atomic E-state index is 0.0703. The smallest absolute Gasteiger partial charge is 0.137 e. The molecule has 2 rings (SSSR count). The van der Waals surface area contributed by atoms with Gasteiger partial charge in [0.05, 0.1) is 0 Å². The van der Waals surface area contributed by atoms with E-state index in [2.05, 4.69) is 0 Å². The van der Waals surface area contributed by atoms with Gasteiger partial charge in [0.25, 0.3) is 0 Å². The van der Waals surface area contributed by atoms with Crippen LogP contribution in [0, 0.1) is 22.7 Å². The van der Waals surface area contributed by atoms with Gasteiger partial charge in [-0.1, -0.05) is 36.4 Å². The van der Waals surface area contributed by atoms with Gasteiger partial charge in [-0.15, -0.1) is 0 Å². The second kappa shape index (κ2) is 7.67. The lowest BCUT2D eigenvalue weighted by Gasteiger charge is -2.11. The first-order chi connectivity index (χ1) is 11.5. The van der Waals surface area contributed by atoms with Crippen molar-refractivity contribution in [3.05, 3.63) is 71.3 Å². The molecule has 0 spiro atoms. The highest BCUT2D eigenvalue weighted by molar-refractivity contribution is 5.85. The highest BCUT2D eigenvalue weighted by Crippen LogP contribution is 2.23. The van der Waals surface area contributed by atoms with Crippen LogP contribution in [-0.2, 0) is 0 Å². The summed E-state index contributed by atoms with van der Waals surface area (Å²) in [4.78, 5) is 2.02. The highest BCUT2D eigenvalue weighted by atomic mass is 15.1. The molecule has 0 aliphatic carbocycles. The molecule has 0 saturated heterocycles. The molecule has 4 heteroatoms. The predicted molar refractivity (Wildman–Crippen MR) is 98.8 cm³/mol. The van der Waals surface area contributed by atoms with Crippen LogP contribution in [0.3, 0.4) is 0 Å². The Morgan fingerprint density at radius 1 is 0.958 bits per heavy atom. The molecule has 0 saturated carbocycles. The zero-order chi connectivity index (χ0) is 17.5. The fourth-order valence-electron chi connectivity index (χ4n) is 2.20. The Hall–Kier alpha value is -3.50. The van der Waals surface area contributed by atoms with Crippen LogP contribution in [0.15, 0.2) is 60.2 Å². The van der Waals surface area contributed by atoms with Crippen molar-refractivity contribution in [3.63, 3.8) is 0 Å². The van der Waals surface area contributed by atoms with E-state index in [1.54, 1.807) is 30.3 Å². The van der Waals surface area contributed by atoms with Gasteiger partial charge in [-0.25, -0.2) is 0 Å². The molecule has 0 amide bonds. The maximum atomic E-state index is 9.21. The van der Waals surface area contributed by atoms with Crippen LogP contribution in [0.4, 0.5) is 11.4 Å². The Balaban J connectivity index is 2.39. The van der Waals surface area contributed by atoms with Crippen molar-refractivity contribution in [3.8, 4) is 12.1 Å². The first-order valence-corrected chi connectivity index (χ1v) is 7.41. The van der Waals surface area contributed by atoms with Gasteiger partial charge in [0, 0.05) is 31.0 Å². The van der Waals surface area contributed by atoms with Crippen LogP contribution < -0.4 is 10.6 Å². The molecule has 0 aromatic heterocycles. The Labute approximate surface area is 142 Å². The number of hydrogen-bond donors (Lipinski definition) is 1. The molecule has 0 fully saturated rings. The molecule has 118 valence electrons. The maximum Gasteiger partial charge on any atom is 0.137 e. The lowest BCUT2D eigenvalue weighted by Crippen LogP contribution is -2.07. The fraction of sp³-hybridized carbons (Fsp3) is 0.100. The van der Waals surface area contributed by atoms with Gasteiger partial charge in [-0.3, -0.25) is 0 Å². The highest BCUT2D eigenvalue weighted by Gasteiger charge is 2.06. The van der Waals surface area contributed by atoms with E-state index in [1.165, 1.54) is 0 Å². The van der Waals surface area contributed by atoms with Crippen LogP contribution in [0.1, 0.15) is 11.1 Å². The number of allylic oxidation sites excluding steroid dienone is 3. The normalized spacial score (nSPS) is 10.0. The number of benzene rings is 2. The minimum absolute atomic E-state index is 0.0703. The molecule has 0 aliphatic rings. The third-order valence-electron chi connectivity index (χ3n) is 3.57. The summed E-state index contributed by atoms with van der Waals surface area (Å²) in [5.74, 6) is 0. The standard InChI is InChI=1S/C20H18N4/c1-24(2)19-10-3-15(4-11-19)5-12-20(17(13-21)14-22)16-6-8-18(23)9-7-16/h3-12H,23H2,1-2H3/b12-5+. The van der Waals surface area contributed by atoms with E-state index in [0.717, 1.165) is 16.8 Å². The van der Waals surface area contributed by atoms with Crippen LogP contribution in [0.2, 0.25) is 0 Å². The minimum Gasteiger partial charge on any atom is -0.399 e. The maximum absolute atomic E-state index is 9.21. The van der Waals surface area contributed by atoms with Crippen molar-refractivity contribution in [1.82, 2.24) is 0 Å². The van der Waals surface area contributed by atoms with Crippen molar-refractivity contribution in [2.75, 3.05) is 24.7 Å². The Morgan fingerprint density at radius 3 is 2.04 bits per heavy atom. The number of nitrogens with two attached hydrogens (primary N) is 1. The van der Waals surface area contributed by atoms with Crippen LogP contribution >= 0.6 is 0 Å². The van der Waals surface area contributed by atoms with E-state index >= 15 is 0 Å². The molecule has 0 heterocycles. The van der Waals surface area contributed by atoms with Crippen LogP contribution in [0.5, 0.6) is 0 Å². The number of rotatable bonds is 4. The SMILES string of the molecule is CN(C)c1ccc(/C=C/C(=C(C#N)C#N)c2ccc(N)cc2)cc1. The van der Waals surface area contributed by atoms with E-state index in [1.807, 2.05) is 61.5 Å². The molecule has 0 atom stereocenters. The third-order valence-corrected chi connectivity index (χ3v) is 3.57. The van der Waals surface area contributed by atoms with Gasteiger partial charge < -0.3 is 10.6 Å². The number of anilines is 2. The van der Waals surface area contributed by atoms with Gasteiger partial charge >= 0.3 is 0 Å². The second-order valence-corrected chi connectivity index (χ2v) is 5.45. The molecule has 0 radical (unpaired) electrons. The number of nitriles is 2. The van der Waals surface area contributed by atoms with E-state index in [9.17, 15) is 10.5 Å². The fourth-order valence-corrected chi connectivity index (χ4v) is 2.20. The summed E-state index contributed by atoms with van der Waals surface area (Å²) in [5, 5.41) is 18.4. The topological polar surface area (TPSA) is 76.8 Å². The van der Waals surface area contributed by atoms with Crippen molar-refractivity contribution < 1.29 is 0 Å². The quantitative estimate of drug-likeness (QED) is 0.528. The van der Waals surface area contributed by atoms with Crippen LogP contribution in [0.25, 0.3) is 11.6 Å². The van der Waals surface area contributed by atoms with Crippen molar-refractivity contribution in [1.29, 1.82) is 10.5 Å². The summed E-state index contributed by atoms with van der Waals surface area (Å²) < 4.78 is 0. The molecule has 0 bridgehead atoms. The van der Waals surface area contributed by atoms with Crippen molar-refractivity contribution in [2.45, 2.75) is 0 Å². The van der Waals surface area contributed by atoms with E-state index in [4.69, 9.17) is 5.73 Å².